The maximum atomic E-state index is 13.3. The first kappa shape index (κ1) is 29.9. The maximum Gasteiger partial charge on any atom is 0.412 e. The molecule has 1 saturated heterocycles. The Balaban J connectivity index is 2.29. The zero-order valence-corrected chi connectivity index (χ0v) is 23.2. The lowest BCUT2D eigenvalue weighted by Crippen LogP contribution is -2.49. The second-order valence-electron chi connectivity index (χ2n) is 11.0. The molecule has 1 aliphatic heterocycles. The van der Waals surface area contributed by atoms with Gasteiger partial charge in [0.1, 0.15) is 30.2 Å². The Kier molecular flexibility index (Phi) is 11.5. The Bertz CT molecular complexity index is 818. The molecule has 8 nitrogen and oxygen atoms in total. The smallest absolute Gasteiger partial charge is 0.412 e. The van der Waals surface area contributed by atoms with Gasteiger partial charge in [-0.25, -0.2) is 9.59 Å². The van der Waals surface area contributed by atoms with E-state index in [1.807, 2.05) is 19.1 Å². The van der Waals surface area contributed by atoms with Crippen molar-refractivity contribution in [2.45, 2.75) is 91.1 Å². The molecule has 1 amide bonds. The molecule has 8 heteroatoms. The number of nitrogens with zero attached hydrogens (tertiary/aromatic N) is 1. The minimum Gasteiger partial charge on any atom is -0.497 e. The minimum absolute atomic E-state index is 0.0639. The van der Waals surface area contributed by atoms with Crippen LogP contribution in [0.1, 0.15) is 66.4 Å². The fourth-order valence-electron chi connectivity index (χ4n) is 4.44. The highest BCUT2D eigenvalue weighted by molar-refractivity contribution is 5.81. The average Bonchev–Trinajstić information content (AvgIpc) is 2.84. The van der Waals surface area contributed by atoms with E-state index in [1.54, 1.807) is 27.9 Å². The Morgan fingerprint density at radius 2 is 1.81 bits per heavy atom. The second kappa shape index (κ2) is 13.8. The molecule has 204 valence electrons. The van der Waals surface area contributed by atoms with E-state index >= 15 is 0 Å². The van der Waals surface area contributed by atoms with Gasteiger partial charge in [-0.3, -0.25) is 4.90 Å². The highest BCUT2D eigenvalue weighted by Gasteiger charge is 2.39. The molecular weight excluding hydrogens is 462 g/mol. The molecule has 0 spiro atoms. The zero-order chi connectivity index (χ0) is 26.9. The third kappa shape index (κ3) is 9.28. The van der Waals surface area contributed by atoms with Crippen molar-refractivity contribution < 1.29 is 33.3 Å². The van der Waals surface area contributed by atoms with E-state index in [9.17, 15) is 9.59 Å². The summed E-state index contributed by atoms with van der Waals surface area (Å²) in [5, 5.41) is 0. The van der Waals surface area contributed by atoms with E-state index in [0.717, 1.165) is 25.0 Å². The number of carbonyl (C=O) groups is 2. The molecule has 0 unspecified atom stereocenters. The van der Waals surface area contributed by atoms with Crippen LogP contribution in [0.5, 0.6) is 5.75 Å². The van der Waals surface area contributed by atoms with Crippen molar-refractivity contribution >= 4 is 12.1 Å². The predicted octanol–water partition coefficient (Wildman–Crippen LogP) is 5.22. The number of methoxy groups -OCH3 is 2. The Labute approximate surface area is 216 Å². The minimum atomic E-state index is -0.798. The van der Waals surface area contributed by atoms with Crippen molar-refractivity contribution in [3.8, 4) is 5.75 Å². The first-order valence-electron chi connectivity index (χ1n) is 12.9. The van der Waals surface area contributed by atoms with Gasteiger partial charge in [0, 0.05) is 13.7 Å². The summed E-state index contributed by atoms with van der Waals surface area (Å²) >= 11 is 0. The highest BCUT2D eigenvalue weighted by atomic mass is 16.6. The zero-order valence-electron chi connectivity index (χ0n) is 23.2. The van der Waals surface area contributed by atoms with Crippen LogP contribution in [0.2, 0.25) is 0 Å². The van der Waals surface area contributed by atoms with Crippen LogP contribution in [0.15, 0.2) is 24.3 Å². The van der Waals surface area contributed by atoms with Crippen molar-refractivity contribution in [3.05, 3.63) is 29.8 Å². The molecule has 0 N–H and O–H groups in total. The average molecular weight is 508 g/mol. The van der Waals surface area contributed by atoms with Gasteiger partial charge in [-0.2, -0.15) is 0 Å². The summed E-state index contributed by atoms with van der Waals surface area (Å²) in [6.45, 7) is 12.0. The van der Waals surface area contributed by atoms with Gasteiger partial charge in [0.2, 0.25) is 0 Å². The van der Waals surface area contributed by atoms with Crippen molar-refractivity contribution in [1.82, 2.24) is 4.90 Å². The van der Waals surface area contributed by atoms with E-state index < -0.39 is 29.8 Å². The van der Waals surface area contributed by atoms with Crippen LogP contribution in [0.25, 0.3) is 0 Å². The normalized spacial score (nSPS) is 23.3. The molecule has 1 aromatic rings. The Morgan fingerprint density at radius 3 is 2.36 bits per heavy atom. The lowest BCUT2D eigenvalue weighted by molar-refractivity contribution is -0.166. The molecular formula is C28H45NO7. The van der Waals surface area contributed by atoms with Gasteiger partial charge in [-0.1, -0.05) is 32.4 Å². The SMILES string of the molecule is COCN(C(=O)OC(C)(C)C)[C@H]1CCC[C@H](Cc2ccc(OC)cc2)[C@@H](OCC(C)C)[C@H](C)OC1=O. The summed E-state index contributed by atoms with van der Waals surface area (Å²) in [5.74, 6) is 0.829. The van der Waals surface area contributed by atoms with E-state index in [4.69, 9.17) is 23.7 Å². The van der Waals surface area contributed by atoms with Crippen LogP contribution in [0, 0.1) is 11.8 Å². The van der Waals surface area contributed by atoms with Crippen molar-refractivity contribution in [1.29, 1.82) is 0 Å². The third-order valence-electron chi connectivity index (χ3n) is 6.11. The standard InChI is InChI=1S/C28H45NO7/c1-19(2)17-34-25-20(3)35-26(30)24(29(18-32-7)27(31)36-28(4,5)6)11-9-10-22(25)16-21-12-14-23(33-8)15-13-21/h12-15,19-20,22,24-25H,9-11,16-18H2,1-8H3/t20-,22+,24-,25-/m0/s1. The molecule has 1 aromatic carbocycles. The number of benzene rings is 1. The lowest BCUT2D eigenvalue weighted by Gasteiger charge is -2.33. The summed E-state index contributed by atoms with van der Waals surface area (Å²) in [6, 6.07) is 7.24. The highest BCUT2D eigenvalue weighted by Crippen LogP contribution is 2.30. The first-order valence-corrected chi connectivity index (χ1v) is 12.9. The largest absolute Gasteiger partial charge is 0.497 e. The van der Waals surface area contributed by atoms with Crippen molar-refractivity contribution in [2.75, 3.05) is 27.6 Å². The van der Waals surface area contributed by atoms with Crippen LogP contribution < -0.4 is 4.74 Å². The second-order valence-corrected chi connectivity index (χ2v) is 11.0. The summed E-state index contributed by atoms with van der Waals surface area (Å²) in [4.78, 5) is 27.6. The van der Waals surface area contributed by atoms with E-state index in [1.165, 1.54) is 17.6 Å². The molecule has 2 rings (SSSR count). The topological polar surface area (TPSA) is 83.5 Å². The quantitative estimate of drug-likeness (QED) is 0.335. The fourth-order valence-corrected chi connectivity index (χ4v) is 4.44. The number of carbonyl (C=O) groups excluding carboxylic acids is 2. The fraction of sp³-hybridized carbons (Fsp3) is 0.714. The van der Waals surface area contributed by atoms with Crippen LogP contribution in [0.4, 0.5) is 4.79 Å². The summed E-state index contributed by atoms with van der Waals surface area (Å²) in [6.07, 6.45) is 1.43. The summed E-state index contributed by atoms with van der Waals surface area (Å²) < 4.78 is 28.4. The predicted molar refractivity (Wildman–Crippen MR) is 138 cm³/mol. The molecule has 0 saturated carbocycles. The first-order chi connectivity index (χ1) is 16.9. The summed E-state index contributed by atoms with van der Waals surface area (Å²) in [5.41, 5.74) is 0.473. The molecule has 1 heterocycles. The van der Waals surface area contributed by atoms with Crippen molar-refractivity contribution in [3.63, 3.8) is 0 Å². The summed E-state index contributed by atoms with van der Waals surface area (Å²) in [7, 11) is 3.14. The van der Waals surface area contributed by atoms with Crippen molar-refractivity contribution in [2.24, 2.45) is 11.8 Å². The molecule has 1 fully saturated rings. The van der Waals surface area contributed by atoms with Gasteiger partial charge in [-0.15, -0.1) is 0 Å². The van der Waals surface area contributed by atoms with Gasteiger partial charge >= 0.3 is 12.1 Å². The van der Waals surface area contributed by atoms with E-state index in [-0.39, 0.29) is 18.8 Å². The number of hydrogen-bond donors (Lipinski definition) is 0. The lowest BCUT2D eigenvalue weighted by atomic mass is 9.86. The Morgan fingerprint density at radius 1 is 1.14 bits per heavy atom. The van der Waals surface area contributed by atoms with Crippen LogP contribution in [0.3, 0.4) is 0 Å². The van der Waals surface area contributed by atoms with Crippen LogP contribution in [-0.2, 0) is 30.2 Å². The van der Waals surface area contributed by atoms with E-state index in [2.05, 4.69) is 26.0 Å². The number of ether oxygens (including phenoxy) is 5. The number of hydrogen-bond acceptors (Lipinski definition) is 7. The molecule has 0 aliphatic carbocycles. The van der Waals surface area contributed by atoms with Gasteiger partial charge in [0.05, 0.1) is 13.2 Å². The molecule has 0 radical (unpaired) electrons. The number of rotatable bonds is 9. The van der Waals surface area contributed by atoms with Crippen LogP contribution >= 0.6 is 0 Å². The number of amides is 1. The van der Waals surface area contributed by atoms with Gasteiger partial charge in [0.15, 0.2) is 0 Å². The molecule has 4 atom stereocenters. The van der Waals surface area contributed by atoms with Gasteiger partial charge in [-0.05, 0) is 76.5 Å². The maximum absolute atomic E-state index is 13.3. The number of esters is 1. The molecule has 36 heavy (non-hydrogen) atoms. The monoisotopic (exact) mass is 507 g/mol. The molecule has 1 aliphatic rings. The van der Waals surface area contributed by atoms with E-state index in [0.29, 0.717) is 18.9 Å². The van der Waals surface area contributed by atoms with Crippen LogP contribution in [-0.4, -0.2) is 68.4 Å². The van der Waals surface area contributed by atoms with Gasteiger partial charge < -0.3 is 23.7 Å². The third-order valence-corrected chi connectivity index (χ3v) is 6.11. The van der Waals surface area contributed by atoms with Gasteiger partial charge in [0.25, 0.3) is 0 Å². The molecule has 0 aromatic heterocycles. The molecule has 0 bridgehead atoms. The Hall–Kier alpha value is -2.32. The number of cyclic esters (lactones) is 1.